The molecule has 0 bridgehead atoms. The topological polar surface area (TPSA) is 47.9 Å². The summed E-state index contributed by atoms with van der Waals surface area (Å²) in [4.78, 5) is 24.4. The van der Waals surface area contributed by atoms with Crippen LogP contribution in [-0.2, 0) is 0 Å². The largest absolute Gasteiger partial charge is 0.367 e. The highest BCUT2D eigenvalue weighted by Gasteiger charge is 2.20. The van der Waals surface area contributed by atoms with E-state index in [2.05, 4.69) is 40.2 Å². The third-order valence-corrected chi connectivity index (χ3v) is 7.90. The number of hydrogen-bond donors (Lipinski definition) is 1. The lowest BCUT2D eigenvalue weighted by molar-refractivity contribution is 0.0951. The number of aliphatic imine (C=N–C) groups is 1. The molecule has 0 radical (unpaired) electrons. The molecule has 3 aromatic rings. The van der Waals surface area contributed by atoms with Gasteiger partial charge < -0.3 is 10.2 Å². The van der Waals surface area contributed by atoms with Crippen molar-refractivity contribution in [3.8, 4) is 0 Å². The number of aryl methyl sites for hydroxylation is 1. The highest BCUT2D eigenvalue weighted by Crippen LogP contribution is 2.41. The second-order valence-electron chi connectivity index (χ2n) is 9.37. The third-order valence-electron chi connectivity index (χ3n) is 6.76. The number of hydrogen-bond acceptors (Lipinski definition) is 5. The SMILES string of the molecule is CC1=Nc2cc(C(=O)NCCCN3CCN(c4ccccc4F)CC3)ccc2Sc2ccc(C)cc21. The molecule has 1 N–H and O–H groups in total. The lowest BCUT2D eigenvalue weighted by Crippen LogP contribution is -2.47. The molecule has 1 fully saturated rings. The fourth-order valence-electron chi connectivity index (χ4n) is 4.73. The highest BCUT2D eigenvalue weighted by molar-refractivity contribution is 7.99. The van der Waals surface area contributed by atoms with Crippen LogP contribution in [0.1, 0.15) is 34.8 Å². The Kier molecular flexibility index (Phi) is 7.39. The van der Waals surface area contributed by atoms with Crippen molar-refractivity contribution in [3.63, 3.8) is 0 Å². The van der Waals surface area contributed by atoms with Crippen molar-refractivity contribution in [2.75, 3.05) is 44.2 Å². The Morgan fingerprint density at radius 2 is 1.78 bits per heavy atom. The summed E-state index contributed by atoms with van der Waals surface area (Å²) in [5, 5.41) is 3.06. The smallest absolute Gasteiger partial charge is 0.251 e. The summed E-state index contributed by atoms with van der Waals surface area (Å²) in [6.45, 7) is 9.04. The van der Waals surface area contributed by atoms with Gasteiger partial charge in [-0.15, -0.1) is 0 Å². The third kappa shape index (κ3) is 5.47. The lowest BCUT2D eigenvalue weighted by Gasteiger charge is -2.36. The number of piperazine rings is 1. The molecule has 0 aliphatic carbocycles. The van der Waals surface area contributed by atoms with Gasteiger partial charge in [-0.05, 0) is 69.3 Å². The Hall–Kier alpha value is -3.16. The van der Waals surface area contributed by atoms with Gasteiger partial charge in [-0.3, -0.25) is 14.7 Å². The summed E-state index contributed by atoms with van der Waals surface area (Å²) in [5.74, 6) is -0.233. The van der Waals surface area contributed by atoms with E-state index in [0.717, 1.165) is 61.0 Å². The Labute approximate surface area is 216 Å². The predicted octanol–water partition coefficient (Wildman–Crippen LogP) is 5.68. The molecule has 0 spiro atoms. The number of carbonyl (C=O) groups is 1. The molecule has 1 saturated heterocycles. The van der Waals surface area contributed by atoms with E-state index in [1.54, 1.807) is 17.8 Å². The number of nitrogens with one attached hydrogen (secondary N) is 1. The summed E-state index contributed by atoms with van der Waals surface area (Å²) in [6.07, 6.45) is 0.873. The normalized spacial score (nSPS) is 15.5. The van der Waals surface area contributed by atoms with Gasteiger partial charge in [0.05, 0.1) is 11.4 Å². The van der Waals surface area contributed by atoms with Gasteiger partial charge in [0, 0.05) is 59.4 Å². The molecule has 3 aromatic carbocycles. The molecule has 1 amide bonds. The summed E-state index contributed by atoms with van der Waals surface area (Å²) in [6, 6.07) is 19.2. The van der Waals surface area contributed by atoms with Gasteiger partial charge >= 0.3 is 0 Å². The van der Waals surface area contributed by atoms with Gasteiger partial charge in [0.25, 0.3) is 5.91 Å². The maximum Gasteiger partial charge on any atom is 0.251 e. The van der Waals surface area contributed by atoms with Gasteiger partial charge in [0.2, 0.25) is 0 Å². The summed E-state index contributed by atoms with van der Waals surface area (Å²) < 4.78 is 14.0. The van der Waals surface area contributed by atoms with Crippen LogP contribution >= 0.6 is 11.8 Å². The molecule has 2 heterocycles. The first-order chi connectivity index (χ1) is 17.5. The molecule has 0 unspecified atom stereocenters. The van der Waals surface area contributed by atoms with Crippen LogP contribution in [0.15, 0.2) is 75.4 Å². The number of anilines is 1. The van der Waals surface area contributed by atoms with Crippen LogP contribution in [0.3, 0.4) is 0 Å². The predicted molar refractivity (Wildman–Crippen MR) is 146 cm³/mol. The summed E-state index contributed by atoms with van der Waals surface area (Å²) in [7, 11) is 0. The number of amides is 1. The van der Waals surface area contributed by atoms with Crippen molar-refractivity contribution < 1.29 is 9.18 Å². The molecular weight excluding hydrogens is 471 g/mol. The first-order valence-corrected chi connectivity index (χ1v) is 13.3. The van der Waals surface area contributed by atoms with Gasteiger partial charge in [-0.1, -0.05) is 35.5 Å². The summed E-state index contributed by atoms with van der Waals surface area (Å²) >= 11 is 1.70. The number of nitrogens with zero attached hydrogens (tertiary/aromatic N) is 3. The molecule has 0 aromatic heterocycles. The van der Waals surface area contributed by atoms with Gasteiger partial charge in [0.1, 0.15) is 5.82 Å². The number of carbonyl (C=O) groups excluding carboxylic acids is 1. The average Bonchev–Trinajstić information content (AvgIpc) is 3.02. The second kappa shape index (κ2) is 10.8. The Bertz CT molecular complexity index is 1300. The monoisotopic (exact) mass is 502 g/mol. The molecule has 0 saturated carbocycles. The molecule has 5 rings (SSSR count). The molecule has 186 valence electrons. The molecule has 5 nitrogen and oxygen atoms in total. The van der Waals surface area contributed by atoms with E-state index in [9.17, 15) is 9.18 Å². The van der Waals surface area contributed by atoms with E-state index >= 15 is 0 Å². The number of rotatable bonds is 6. The maximum atomic E-state index is 14.0. The Morgan fingerprint density at radius 1 is 1.00 bits per heavy atom. The second-order valence-corrected chi connectivity index (χ2v) is 10.5. The zero-order valence-corrected chi connectivity index (χ0v) is 21.6. The van der Waals surface area contributed by atoms with E-state index < -0.39 is 0 Å². The molecule has 2 aliphatic rings. The molecule has 36 heavy (non-hydrogen) atoms. The quantitative estimate of drug-likeness (QED) is 0.441. The van der Waals surface area contributed by atoms with Crippen molar-refractivity contribution in [2.45, 2.75) is 30.1 Å². The van der Waals surface area contributed by atoms with E-state index in [4.69, 9.17) is 4.99 Å². The highest BCUT2D eigenvalue weighted by atomic mass is 32.2. The minimum Gasteiger partial charge on any atom is -0.367 e. The Morgan fingerprint density at radius 3 is 2.58 bits per heavy atom. The van der Waals surface area contributed by atoms with Crippen molar-refractivity contribution >= 4 is 34.8 Å². The zero-order valence-electron chi connectivity index (χ0n) is 20.8. The summed E-state index contributed by atoms with van der Waals surface area (Å²) in [5.41, 5.74) is 5.48. The van der Waals surface area contributed by atoms with E-state index in [1.165, 1.54) is 16.5 Å². The van der Waals surface area contributed by atoms with Crippen molar-refractivity contribution in [3.05, 3.63) is 83.2 Å². The maximum absolute atomic E-state index is 14.0. The van der Waals surface area contributed by atoms with Crippen LogP contribution in [0, 0.1) is 12.7 Å². The number of halogens is 1. The standard InChI is InChI=1S/C29H31FN4OS/c1-20-8-10-27-23(18-20)21(2)32-25-19-22(9-11-28(25)36-27)29(35)31-12-5-13-33-14-16-34(17-15-33)26-7-4-3-6-24(26)30/h3-4,6-11,18-19H,5,12-17H2,1-2H3,(H,31,35). The van der Waals surface area contributed by atoms with Crippen LogP contribution in [0.4, 0.5) is 15.8 Å². The van der Waals surface area contributed by atoms with E-state index in [-0.39, 0.29) is 11.7 Å². The fraction of sp³-hybridized carbons (Fsp3) is 0.310. The first kappa shape index (κ1) is 24.5. The van der Waals surface area contributed by atoms with Crippen LogP contribution in [0.25, 0.3) is 0 Å². The van der Waals surface area contributed by atoms with E-state index in [0.29, 0.717) is 17.8 Å². The number of fused-ring (bicyclic) bond motifs is 2. The lowest BCUT2D eigenvalue weighted by atomic mass is 10.1. The molecular formula is C29H31FN4OS. The van der Waals surface area contributed by atoms with Crippen molar-refractivity contribution in [1.82, 2.24) is 10.2 Å². The Balaban J connectivity index is 1.12. The van der Waals surface area contributed by atoms with Crippen LogP contribution in [0.5, 0.6) is 0 Å². The van der Waals surface area contributed by atoms with E-state index in [1.807, 2.05) is 37.3 Å². The minimum absolute atomic E-state index is 0.0716. The van der Waals surface area contributed by atoms with Gasteiger partial charge in [-0.2, -0.15) is 0 Å². The fourth-order valence-corrected chi connectivity index (χ4v) is 5.77. The number of benzene rings is 3. The zero-order chi connectivity index (χ0) is 25.1. The number of para-hydroxylation sites is 1. The molecule has 2 aliphatic heterocycles. The van der Waals surface area contributed by atoms with Crippen molar-refractivity contribution in [1.29, 1.82) is 0 Å². The van der Waals surface area contributed by atoms with Gasteiger partial charge in [-0.25, -0.2) is 4.39 Å². The van der Waals surface area contributed by atoms with Crippen LogP contribution in [-0.4, -0.2) is 55.8 Å². The first-order valence-electron chi connectivity index (χ1n) is 12.5. The van der Waals surface area contributed by atoms with Crippen molar-refractivity contribution in [2.24, 2.45) is 4.99 Å². The van der Waals surface area contributed by atoms with Crippen LogP contribution in [0.2, 0.25) is 0 Å². The van der Waals surface area contributed by atoms with Crippen LogP contribution < -0.4 is 10.2 Å². The average molecular weight is 503 g/mol. The minimum atomic E-state index is -0.162. The molecule has 7 heteroatoms. The molecule has 0 atom stereocenters. The van der Waals surface area contributed by atoms with Gasteiger partial charge in [0.15, 0.2) is 0 Å².